The summed E-state index contributed by atoms with van der Waals surface area (Å²) in [5, 5.41) is 8.62. The summed E-state index contributed by atoms with van der Waals surface area (Å²) < 4.78 is 5.81. The Morgan fingerprint density at radius 1 is 1.45 bits per heavy atom. The highest BCUT2D eigenvalue weighted by atomic mass is 16.5. The molecule has 0 saturated heterocycles. The molecule has 20 heavy (non-hydrogen) atoms. The van der Waals surface area contributed by atoms with E-state index in [0.717, 1.165) is 6.42 Å². The number of hydrogen-bond donors (Lipinski definition) is 2. The lowest BCUT2D eigenvalue weighted by Gasteiger charge is -2.28. The standard InChI is InChI=1S/C14H21N3O3/c1-10-4-2-3-5-12(10)20-9-8-15-14(19)11-6-7-13(18)17-16-11/h6-7,10,12H,2-5,8-9H2,1H3,(H,15,19)(H,17,18)/t10-,12+/m1/s1. The molecule has 0 aliphatic heterocycles. The Morgan fingerprint density at radius 2 is 2.25 bits per heavy atom. The van der Waals surface area contributed by atoms with Gasteiger partial charge in [-0.1, -0.05) is 19.8 Å². The summed E-state index contributed by atoms with van der Waals surface area (Å²) in [6.45, 7) is 3.17. The first-order chi connectivity index (χ1) is 9.66. The van der Waals surface area contributed by atoms with E-state index in [9.17, 15) is 9.59 Å². The second-order valence-corrected chi connectivity index (χ2v) is 5.23. The first-order valence-electron chi connectivity index (χ1n) is 7.12. The number of ether oxygens (including phenoxy) is 1. The Balaban J connectivity index is 1.69. The summed E-state index contributed by atoms with van der Waals surface area (Å²) >= 11 is 0. The SMILES string of the molecule is C[C@@H]1CCCC[C@@H]1OCCNC(=O)c1ccc(=O)[nH]n1. The second-order valence-electron chi connectivity index (χ2n) is 5.23. The van der Waals surface area contributed by atoms with E-state index in [0.29, 0.717) is 25.2 Å². The quantitative estimate of drug-likeness (QED) is 0.790. The summed E-state index contributed by atoms with van der Waals surface area (Å²) in [5.74, 6) is 0.293. The fourth-order valence-corrected chi connectivity index (χ4v) is 2.47. The molecule has 0 radical (unpaired) electrons. The van der Waals surface area contributed by atoms with Crippen LogP contribution in [0.5, 0.6) is 0 Å². The molecular weight excluding hydrogens is 258 g/mol. The number of rotatable bonds is 5. The van der Waals surface area contributed by atoms with Crippen molar-refractivity contribution in [1.82, 2.24) is 15.5 Å². The lowest BCUT2D eigenvalue weighted by Crippen LogP contribution is -2.32. The van der Waals surface area contributed by atoms with Crippen molar-refractivity contribution in [2.24, 2.45) is 5.92 Å². The van der Waals surface area contributed by atoms with Crippen molar-refractivity contribution < 1.29 is 9.53 Å². The van der Waals surface area contributed by atoms with Crippen LogP contribution >= 0.6 is 0 Å². The fourth-order valence-electron chi connectivity index (χ4n) is 2.47. The minimum absolute atomic E-state index is 0.204. The average Bonchev–Trinajstić information content (AvgIpc) is 2.46. The third-order valence-corrected chi connectivity index (χ3v) is 3.66. The monoisotopic (exact) mass is 279 g/mol. The van der Waals surface area contributed by atoms with Crippen molar-refractivity contribution in [3.8, 4) is 0 Å². The van der Waals surface area contributed by atoms with Gasteiger partial charge < -0.3 is 10.1 Å². The molecule has 1 aliphatic carbocycles. The molecule has 2 rings (SSSR count). The number of carbonyl (C=O) groups excluding carboxylic acids is 1. The number of aromatic nitrogens is 2. The Bertz CT molecular complexity index is 480. The van der Waals surface area contributed by atoms with Gasteiger partial charge in [0.05, 0.1) is 12.7 Å². The Morgan fingerprint density at radius 3 is 2.95 bits per heavy atom. The third kappa shape index (κ3) is 4.16. The zero-order valence-electron chi connectivity index (χ0n) is 11.7. The van der Waals surface area contributed by atoms with E-state index in [4.69, 9.17) is 4.74 Å². The largest absolute Gasteiger partial charge is 0.376 e. The molecule has 1 aromatic rings. The molecule has 6 nitrogen and oxygen atoms in total. The first kappa shape index (κ1) is 14.7. The zero-order chi connectivity index (χ0) is 14.4. The molecule has 0 unspecified atom stereocenters. The summed E-state index contributed by atoms with van der Waals surface area (Å²) in [7, 11) is 0. The van der Waals surface area contributed by atoms with Crippen LogP contribution in [0.3, 0.4) is 0 Å². The van der Waals surface area contributed by atoms with Gasteiger partial charge in [-0.3, -0.25) is 9.59 Å². The molecule has 1 saturated carbocycles. The van der Waals surface area contributed by atoms with Crippen LogP contribution < -0.4 is 10.9 Å². The first-order valence-corrected chi connectivity index (χ1v) is 7.12. The maximum absolute atomic E-state index is 11.7. The third-order valence-electron chi connectivity index (χ3n) is 3.66. The highest BCUT2D eigenvalue weighted by Crippen LogP contribution is 2.25. The minimum Gasteiger partial charge on any atom is -0.376 e. The van der Waals surface area contributed by atoms with Crippen LogP contribution in [0.4, 0.5) is 0 Å². The number of carbonyl (C=O) groups is 1. The van der Waals surface area contributed by atoms with Gasteiger partial charge in [-0.2, -0.15) is 5.10 Å². The summed E-state index contributed by atoms with van der Waals surface area (Å²) in [5.41, 5.74) is -0.119. The molecule has 6 heteroatoms. The molecule has 110 valence electrons. The van der Waals surface area contributed by atoms with E-state index in [2.05, 4.69) is 22.4 Å². The van der Waals surface area contributed by atoms with Crippen molar-refractivity contribution in [2.75, 3.05) is 13.2 Å². The maximum atomic E-state index is 11.7. The van der Waals surface area contributed by atoms with Crippen LogP contribution in [0.1, 0.15) is 43.1 Å². The number of H-pyrrole nitrogens is 1. The molecule has 0 aromatic carbocycles. The van der Waals surface area contributed by atoms with Crippen LogP contribution in [0.15, 0.2) is 16.9 Å². The van der Waals surface area contributed by atoms with Gasteiger partial charge in [-0.25, -0.2) is 5.10 Å². The molecule has 1 amide bonds. The molecule has 1 heterocycles. The second kappa shape index (κ2) is 7.19. The predicted octanol–water partition coefficient (Wildman–Crippen LogP) is 1.09. The molecular formula is C14H21N3O3. The van der Waals surface area contributed by atoms with Crippen molar-refractivity contribution in [3.63, 3.8) is 0 Å². The summed E-state index contributed by atoms with van der Waals surface area (Å²) in [4.78, 5) is 22.6. The van der Waals surface area contributed by atoms with Crippen molar-refractivity contribution >= 4 is 5.91 Å². The van der Waals surface area contributed by atoms with Gasteiger partial charge in [0, 0.05) is 12.6 Å². The number of aromatic amines is 1. The average molecular weight is 279 g/mol. The van der Waals surface area contributed by atoms with E-state index in [1.807, 2.05) is 0 Å². The minimum atomic E-state index is -0.323. The van der Waals surface area contributed by atoms with Crippen LogP contribution in [0.2, 0.25) is 0 Å². The molecule has 0 bridgehead atoms. The zero-order valence-corrected chi connectivity index (χ0v) is 11.7. The molecule has 1 aliphatic rings. The Hall–Kier alpha value is -1.69. The van der Waals surface area contributed by atoms with Crippen molar-refractivity contribution in [2.45, 2.75) is 38.7 Å². The molecule has 2 atom stereocenters. The number of nitrogens with zero attached hydrogens (tertiary/aromatic N) is 1. The van der Waals surface area contributed by atoms with Gasteiger partial charge in [0.25, 0.3) is 11.5 Å². The van der Waals surface area contributed by atoms with Crippen LogP contribution in [0, 0.1) is 5.92 Å². The van der Waals surface area contributed by atoms with E-state index in [-0.39, 0.29) is 17.2 Å². The number of nitrogens with one attached hydrogen (secondary N) is 2. The van der Waals surface area contributed by atoms with Gasteiger partial charge in [-0.15, -0.1) is 0 Å². The molecule has 1 aromatic heterocycles. The number of hydrogen-bond acceptors (Lipinski definition) is 4. The summed E-state index contributed by atoms with van der Waals surface area (Å²) in [6.07, 6.45) is 5.15. The van der Waals surface area contributed by atoms with E-state index < -0.39 is 0 Å². The maximum Gasteiger partial charge on any atom is 0.271 e. The van der Waals surface area contributed by atoms with Crippen molar-refractivity contribution in [1.29, 1.82) is 0 Å². The highest BCUT2D eigenvalue weighted by molar-refractivity contribution is 5.91. The number of amides is 1. The normalized spacial score (nSPS) is 22.4. The van der Waals surface area contributed by atoms with Gasteiger partial charge in [0.1, 0.15) is 5.69 Å². The Labute approximate surface area is 117 Å². The summed E-state index contributed by atoms with van der Waals surface area (Å²) in [6, 6.07) is 2.68. The molecule has 2 N–H and O–H groups in total. The van der Waals surface area contributed by atoms with Crippen LogP contribution in [-0.4, -0.2) is 35.4 Å². The van der Waals surface area contributed by atoms with Gasteiger partial charge >= 0.3 is 0 Å². The van der Waals surface area contributed by atoms with E-state index >= 15 is 0 Å². The van der Waals surface area contributed by atoms with Crippen LogP contribution in [0.25, 0.3) is 0 Å². The lowest BCUT2D eigenvalue weighted by atomic mass is 9.88. The smallest absolute Gasteiger partial charge is 0.271 e. The molecule has 1 fully saturated rings. The highest BCUT2D eigenvalue weighted by Gasteiger charge is 2.21. The van der Waals surface area contributed by atoms with Crippen LogP contribution in [-0.2, 0) is 4.74 Å². The van der Waals surface area contributed by atoms with E-state index in [1.165, 1.54) is 31.4 Å². The van der Waals surface area contributed by atoms with Gasteiger partial charge in [-0.05, 0) is 24.8 Å². The predicted molar refractivity (Wildman–Crippen MR) is 74.6 cm³/mol. The lowest BCUT2D eigenvalue weighted by molar-refractivity contribution is -0.00295. The molecule has 0 spiro atoms. The topological polar surface area (TPSA) is 84.1 Å². The van der Waals surface area contributed by atoms with E-state index in [1.54, 1.807) is 0 Å². The van der Waals surface area contributed by atoms with Crippen molar-refractivity contribution in [3.05, 3.63) is 28.2 Å². The Kier molecular flexibility index (Phi) is 5.29. The van der Waals surface area contributed by atoms with Gasteiger partial charge in [0.15, 0.2) is 0 Å². The fraction of sp³-hybridized carbons (Fsp3) is 0.643. The van der Waals surface area contributed by atoms with Gasteiger partial charge in [0.2, 0.25) is 0 Å².